The Morgan fingerprint density at radius 1 is 1.03 bits per heavy atom. The Hall–Kier alpha value is -3.79. The molecule has 0 unspecified atom stereocenters. The molecular formula is C23H18ClN7OS. The maximum absolute atomic E-state index is 12.8. The molecule has 0 spiro atoms. The minimum absolute atomic E-state index is 0.00237. The van der Waals surface area contributed by atoms with Crippen molar-refractivity contribution >= 4 is 67.2 Å². The molecule has 0 aliphatic heterocycles. The van der Waals surface area contributed by atoms with Gasteiger partial charge in [-0.1, -0.05) is 35.9 Å². The molecule has 5 aromatic rings. The van der Waals surface area contributed by atoms with Crippen molar-refractivity contribution in [3.05, 3.63) is 82.6 Å². The highest BCUT2D eigenvalue weighted by Crippen LogP contribution is 2.25. The highest BCUT2D eigenvalue weighted by atomic mass is 35.5. The summed E-state index contributed by atoms with van der Waals surface area (Å²) in [5.74, 6) is 0.201. The second-order valence-corrected chi connectivity index (χ2v) is 8.53. The lowest BCUT2D eigenvalue weighted by atomic mass is 10.1. The van der Waals surface area contributed by atoms with Gasteiger partial charge in [-0.25, -0.2) is 20.4 Å². The fourth-order valence-electron chi connectivity index (χ4n) is 3.39. The first-order chi connectivity index (χ1) is 16.1. The number of benzene rings is 2. The molecule has 8 nitrogen and oxygen atoms in total. The molecule has 0 atom stereocenters. The number of fused-ring (bicyclic) bond motifs is 2. The molecule has 0 fully saturated rings. The second kappa shape index (κ2) is 8.99. The molecule has 3 aromatic heterocycles. The minimum Gasteiger partial charge on any atom is -0.382 e. The van der Waals surface area contributed by atoms with Crippen LogP contribution in [-0.2, 0) is 6.54 Å². The average Bonchev–Trinajstić information content (AvgIpc) is 3.30. The number of hydrogen-bond donors (Lipinski definition) is 4. The molecule has 0 radical (unpaired) electrons. The predicted octanol–water partition coefficient (Wildman–Crippen LogP) is 4.84. The van der Waals surface area contributed by atoms with E-state index in [2.05, 4.69) is 31.1 Å². The molecule has 0 aliphatic carbocycles. The normalized spacial score (nSPS) is 11.1. The van der Waals surface area contributed by atoms with Crippen LogP contribution in [0.1, 0.15) is 16.3 Å². The summed E-state index contributed by atoms with van der Waals surface area (Å²) >= 11 is 7.37. The Bertz CT molecular complexity index is 1470. The van der Waals surface area contributed by atoms with Crippen LogP contribution >= 0.6 is 22.9 Å². The lowest BCUT2D eigenvalue weighted by molar-refractivity contribution is 0.101. The monoisotopic (exact) mass is 475 g/mol. The lowest BCUT2D eigenvalue weighted by Crippen LogP contribution is -2.22. The number of carbonyl (C=O) groups excluding carboxylic acids is 1. The number of hydrazine groups is 1. The van der Waals surface area contributed by atoms with Gasteiger partial charge >= 0.3 is 0 Å². The highest BCUT2D eigenvalue weighted by molar-refractivity contribution is 7.17. The van der Waals surface area contributed by atoms with Crippen molar-refractivity contribution in [2.75, 3.05) is 16.5 Å². The van der Waals surface area contributed by atoms with Gasteiger partial charge in [0, 0.05) is 16.1 Å². The van der Waals surface area contributed by atoms with E-state index < -0.39 is 5.91 Å². The number of aromatic nitrogens is 3. The van der Waals surface area contributed by atoms with E-state index in [0.717, 1.165) is 26.9 Å². The van der Waals surface area contributed by atoms with E-state index in [0.29, 0.717) is 22.9 Å². The van der Waals surface area contributed by atoms with Gasteiger partial charge in [-0.3, -0.25) is 4.79 Å². The van der Waals surface area contributed by atoms with Crippen LogP contribution < -0.4 is 21.9 Å². The van der Waals surface area contributed by atoms with Crippen LogP contribution in [0.3, 0.4) is 0 Å². The topological polar surface area (TPSA) is 118 Å². The Kier molecular flexibility index (Phi) is 5.74. The third-order valence-corrected chi connectivity index (χ3v) is 6.10. The molecule has 5 rings (SSSR count). The van der Waals surface area contributed by atoms with Gasteiger partial charge < -0.3 is 16.5 Å². The number of thiophene rings is 1. The molecule has 2 aromatic carbocycles. The van der Waals surface area contributed by atoms with Gasteiger partial charge in [0.25, 0.3) is 5.91 Å². The van der Waals surface area contributed by atoms with Crippen LogP contribution in [0, 0.1) is 0 Å². The number of hydrogen-bond acceptors (Lipinski definition) is 8. The van der Waals surface area contributed by atoms with Gasteiger partial charge in [0.2, 0.25) is 5.82 Å². The molecule has 5 N–H and O–H groups in total. The van der Waals surface area contributed by atoms with Gasteiger partial charge in [0.1, 0.15) is 11.6 Å². The van der Waals surface area contributed by atoms with Crippen LogP contribution in [0.25, 0.3) is 21.0 Å². The number of pyridine rings is 1. The van der Waals surface area contributed by atoms with Crippen LogP contribution in [-0.4, -0.2) is 20.9 Å². The van der Waals surface area contributed by atoms with Crippen molar-refractivity contribution in [2.45, 2.75) is 6.54 Å². The SMILES string of the molecule is Nc1nc(C(=O)Nc2cc3ccccc3c(CNNc3ccc(Cl)cc3)n2)nc2ccsc12. The Morgan fingerprint density at radius 2 is 1.85 bits per heavy atom. The number of nitrogens with one attached hydrogen (secondary N) is 3. The number of rotatable bonds is 6. The van der Waals surface area contributed by atoms with Gasteiger partial charge in [-0.2, -0.15) is 0 Å². The second-order valence-electron chi connectivity index (χ2n) is 7.18. The Labute approximate surface area is 197 Å². The summed E-state index contributed by atoms with van der Waals surface area (Å²) < 4.78 is 0.761. The number of anilines is 3. The number of nitrogens with zero attached hydrogens (tertiary/aromatic N) is 3. The number of carbonyl (C=O) groups is 1. The van der Waals surface area contributed by atoms with E-state index in [-0.39, 0.29) is 11.6 Å². The third kappa shape index (κ3) is 4.56. The minimum atomic E-state index is -0.476. The first-order valence-corrected chi connectivity index (χ1v) is 11.3. The van der Waals surface area contributed by atoms with Crippen molar-refractivity contribution in [1.82, 2.24) is 20.4 Å². The van der Waals surface area contributed by atoms with Crippen molar-refractivity contribution in [3.8, 4) is 0 Å². The molecule has 0 aliphatic rings. The summed E-state index contributed by atoms with van der Waals surface area (Å²) in [5, 5.41) is 7.24. The molecule has 1 amide bonds. The molecule has 10 heteroatoms. The fourth-order valence-corrected chi connectivity index (χ4v) is 4.25. The van der Waals surface area contributed by atoms with Crippen LogP contribution in [0.2, 0.25) is 5.02 Å². The first-order valence-electron chi connectivity index (χ1n) is 10.0. The smallest absolute Gasteiger partial charge is 0.294 e. The largest absolute Gasteiger partial charge is 0.382 e. The van der Waals surface area contributed by atoms with Gasteiger partial charge in [-0.05, 0) is 47.2 Å². The number of amides is 1. The summed E-state index contributed by atoms with van der Waals surface area (Å²) in [6.07, 6.45) is 0. The number of halogens is 1. The van der Waals surface area contributed by atoms with Gasteiger partial charge in [0.05, 0.1) is 22.5 Å². The third-order valence-electron chi connectivity index (χ3n) is 4.93. The zero-order chi connectivity index (χ0) is 22.8. The zero-order valence-electron chi connectivity index (χ0n) is 17.2. The first kappa shape index (κ1) is 21.1. The van der Waals surface area contributed by atoms with Gasteiger partial charge in [-0.15, -0.1) is 11.3 Å². The zero-order valence-corrected chi connectivity index (χ0v) is 18.7. The van der Waals surface area contributed by atoms with Crippen molar-refractivity contribution in [1.29, 1.82) is 0 Å². The lowest BCUT2D eigenvalue weighted by Gasteiger charge is -2.12. The highest BCUT2D eigenvalue weighted by Gasteiger charge is 2.15. The summed E-state index contributed by atoms with van der Waals surface area (Å²) in [6.45, 7) is 0.414. The van der Waals surface area contributed by atoms with E-state index in [1.807, 2.05) is 47.8 Å². The van der Waals surface area contributed by atoms with E-state index in [1.165, 1.54) is 11.3 Å². The van der Waals surface area contributed by atoms with Crippen LogP contribution in [0.4, 0.5) is 17.3 Å². The Balaban J connectivity index is 1.38. The molecular weight excluding hydrogens is 458 g/mol. The van der Waals surface area contributed by atoms with E-state index in [1.54, 1.807) is 18.2 Å². The summed E-state index contributed by atoms with van der Waals surface area (Å²) in [7, 11) is 0. The number of nitrogen functional groups attached to an aromatic ring is 1. The maximum atomic E-state index is 12.8. The molecule has 3 heterocycles. The van der Waals surface area contributed by atoms with E-state index >= 15 is 0 Å². The molecule has 0 bridgehead atoms. The van der Waals surface area contributed by atoms with E-state index in [9.17, 15) is 4.79 Å². The molecule has 0 saturated carbocycles. The number of nitrogens with two attached hydrogens (primary N) is 1. The van der Waals surface area contributed by atoms with Crippen LogP contribution in [0.15, 0.2) is 66.0 Å². The fraction of sp³-hybridized carbons (Fsp3) is 0.0435. The van der Waals surface area contributed by atoms with E-state index in [4.69, 9.17) is 17.3 Å². The van der Waals surface area contributed by atoms with Crippen molar-refractivity contribution < 1.29 is 4.79 Å². The molecule has 164 valence electrons. The quantitative estimate of drug-likeness (QED) is 0.259. The van der Waals surface area contributed by atoms with Crippen molar-refractivity contribution in [2.24, 2.45) is 0 Å². The van der Waals surface area contributed by atoms with Gasteiger partial charge in [0.15, 0.2) is 0 Å². The van der Waals surface area contributed by atoms with Crippen LogP contribution in [0.5, 0.6) is 0 Å². The Morgan fingerprint density at radius 3 is 2.70 bits per heavy atom. The summed E-state index contributed by atoms with van der Waals surface area (Å²) in [5.41, 5.74) is 14.5. The standard InChI is InChI=1S/C23H18ClN7OS/c24-14-5-7-15(8-6-14)31-26-12-18-16-4-2-1-3-13(16)11-19(27-18)29-23(32)22-28-17-9-10-33-20(17)21(25)30-22/h1-11,26,31H,12H2,(H2,25,28,30)(H,27,29,32). The average molecular weight is 476 g/mol. The predicted molar refractivity (Wildman–Crippen MR) is 133 cm³/mol. The van der Waals surface area contributed by atoms with Crippen molar-refractivity contribution in [3.63, 3.8) is 0 Å². The summed E-state index contributed by atoms with van der Waals surface area (Å²) in [4.78, 5) is 25.9. The maximum Gasteiger partial charge on any atom is 0.294 e. The molecule has 33 heavy (non-hydrogen) atoms. The molecule has 0 saturated heterocycles. The summed E-state index contributed by atoms with van der Waals surface area (Å²) in [6, 6.07) is 18.8.